The van der Waals surface area contributed by atoms with Crippen LogP contribution in [0.15, 0.2) is 30.6 Å². The number of aromatic nitrogens is 2. The van der Waals surface area contributed by atoms with E-state index in [1.807, 2.05) is 32.0 Å². The van der Waals surface area contributed by atoms with Crippen LogP contribution in [0.25, 0.3) is 0 Å². The molecule has 1 heterocycles. The standard InChI is InChI=1S/C14H18N2O/c1-10-4-3-5-11(2)14(10)12(17)6-7-13-15-8-9-16-13/h3-5,8-9,12,17H,6-7H2,1-2H3,(H,15,16). The predicted molar refractivity (Wildman–Crippen MR) is 67.8 cm³/mol. The molecule has 1 aromatic carbocycles. The van der Waals surface area contributed by atoms with Crippen molar-refractivity contribution >= 4 is 0 Å². The van der Waals surface area contributed by atoms with E-state index < -0.39 is 6.10 Å². The number of aliphatic hydroxyl groups is 1. The Morgan fingerprint density at radius 2 is 2.00 bits per heavy atom. The van der Waals surface area contributed by atoms with Crippen molar-refractivity contribution in [3.63, 3.8) is 0 Å². The smallest absolute Gasteiger partial charge is 0.106 e. The van der Waals surface area contributed by atoms with Crippen LogP contribution in [0.1, 0.15) is 35.0 Å². The summed E-state index contributed by atoms with van der Waals surface area (Å²) in [5, 5.41) is 10.2. The molecule has 0 fully saturated rings. The molecule has 3 heteroatoms. The van der Waals surface area contributed by atoms with E-state index in [-0.39, 0.29) is 0 Å². The lowest BCUT2D eigenvalue weighted by Crippen LogP contribution is -2.04. The van der Waals surface area contributed by atoms with Crippen molar-refractivity contribution in [1.82, 2.24) is 9.97 Å². The molecule has 0 aliphatic rings. The number of nitrogens with one attached hydrogen (secondary N) is 1. The van der Waals surface area contributed by atoms with E-state index in [1.165, 1.54) is 0 Å². The molecule has 0 aliphatic heterocycles. The van der Waals surface area contributed by atoms with Gasteiger partial charge in [-0.15, -0.1) is 0 Å². The van der Waals surface area contributed by atoms with Crippen molar-refractivity contribution < 1.29 is 5.11 Å². The zero-order valence-corrected chi connectivity index (χ0v) is 10.3. The first-order chi connectivity index (χ1) is 8.18. The van der Waals surface area contributed by atoms with Crippen LogP contribution in [-0.2, 0) is 6.42 Å². The molecule has 0 spiro atoms. The first-order valence-electron chi connectivity index (χ1n) is 5.91. The summed E-state index contributed by atoms with van der Waals surface area (Å²) in [7, 11) is 0. The maximum Gasteiger partial charge on any atom is 0.106 e. The molecule has 0 saturated heterocycles. The summed E-state index contributed by atoms with van der Waals surface area (Å²) in [5.41, 5.74) is 3.35. The van der Waals surface area contributed by atoms with Gasteiger partial charge in [0.25, 0.3) is 0 Å². The van der Waals surface area contributed by atoms with Crippen molar-refractivity contribution in [1.29, 1.82) is 0 Å². The lowest BCUT2D eigenvalue weighted by molar-refractivity contribution is 0.165. The summed E-state index contributed by atoms with van der Waals surface area (Å²) < 4.78 is 0. The molecule has 0 bridgehead atoms. The van der Waals surface area contributed by atoms with Gasteiger partial charge in [0, 0.05) is 18.8 Å². The van der Waals surface area contributed by atoms with Gasteiger partial charge in [-0.1, -0.05) is 18.2 Å². The summed E-state index contributed by atoms with van der Waals surface area (Å²) in [6, 6.07) is 6.10. The van der Waals surface area contributed by atoms with E-state index in [0.29, 0.717) is 6.42 Å². The normalized spacial score (nSPS) is 12.6. The highest BCUT2D eigenvalue weighted by molar-refractivity contribution is 5.35. The van der Waals surface area contributed by atoms with Crippen molar-refractivity contribution in [2.45, 2.75) is 32.8 Å². The number of aromatic amines is 1. The van der Waals surface area contributed by atoms with Gasteiger partial charge in [-0.3, -0.25) is 0 Å². The zero-order chi connectivity index (χ0) is 12.3. The number of nitrogens with zero attached hydrogens (tertiary/aromatic N) is 1. The third-order valence-corrected chi connectivity index (χ3v) is 3.08. The third-order valence-electron chi connectivity index (χ3n) is 3.08. The minimum atomic E-state index is -0.415. The predicted octanol–water partition coefficient (Wildman–Crippen LogP) is 2.69. The van der Waals surface area contributed by atoms with Crippen LogP contribution < -0.4 is 0 Å². The number of hydrogen-bond acceptors (Lipinski definition) is 2. The fourth-order valence-electron chi connectivity index (χ4n) is 2.21. The van der Waals surface area contributed by atoms with E-state index >= 15 is 0 Å². The zero-order valence-electron chi connectivity index (χ0n) is 10.3. The van der Waals surface area contributed by atoms with Crippen LogP contribution in [0.2, 0.25) is 0 Å². The van der Waals surface area contributed by atoms with E-state index in [9.17, 15) is 5.11 Å². The monoisotopic (exact) mass is 230 g/mol. The average molecular weight is 230 g/mol. The number of aryl methyl sites for hydroxylation is 3. The SMILES string of the molecule is Cc1cccc(C)c1C(O)CCc1ncc[nH]1. The molecule has 2 rings (SSSR count). The van der Waals surface area contributed by atoms with Crippen LogP contribution in [0.3, 0.4) is 0 Å². The molecular formula is C14H18N2O. The Kier molecular flexibility index (Phi) is 3.59. The number of rotatable bonds is 4. The summed E-state index contributed by atoms with van der Waals surface area (Å²) in [4.78, 5) is 7.21. The Labute approximate surface area is 102 Å². The number of imidazole rings is 1. The highest BCUT2D eigenvalue weighted by atomic mass is 16.3. The van der Waals surface area contributed by atoms with E-state index in [0.717, 1.165) is 28.9 Å². The van der Waals surface area contributed by atoms with E-state index in [2.05, 4.69) is 9.97 Å². The molecule has 1 atom stereocenters. The molecule has 0 radical (unpaired) electrons. The topological polar surface area (TPSA) is 48.9 Å². The Balaban J connectivity index is 2.07. The summed E-state index contributed by atoms with van der Waals surface area (Å²) >= 11 is 0. The van der Waals surface area contributed by atoms with Gasteiger partial charge >= 0.3 is 0 Å². The molecule has 0 amide bonds. The second-order valence-electron chi connectivity index (χ2n) is 4.40. The lowest BCUT2D eigenvalue weighted by Gasteiger charge is -2.15. The van der Waals surface area contributed by atoms with E-state index in [4.69, 9.17) is 0 Å². The van der Waals surface area contributed by atoms with Gasteiger partial charge in [0.2, 0.25) is 0 Å². The van der Waals surface area contributed by atoms with Gasteiger partial charge in [0.05, 0.1) is 6.10 Å². The minimum absolute atomic E-state index is 0.415. The van der Waals surface area contributed by atoms with Crippen molar-refractivity contribution in [2.75, 3.05) is 0 Å². The number of benzene rings is 1. The van der Waals surface area contributed by atoms with Crippen molar-refractivity contribution in [3.8, 4) is 0 Å². The molecular weight excluding hydrogens is 212 g/mol. The molecule has 0 aliphatic carbocycles. The van der Waals surface area contributed by atoms with Gasteiger partial charge < -0.3 is 10.1 Å². The highest BCUT2D eigenvalue weighted by Crippen LogP contribution is 2.25. The molecule has 3 nitrogen and oxygen atoms in total. The second kappa shape index (κ2) is 5.15. The lowest BCUT2D eigenvalue weighted by atomic mass is 9.95. The van der Waals surface area contributed by atoms with Crippen LogP contribution >= 0.6 is 0 Å². The molecule has 1 unspecified atom stereocenters. The van der Waals surface area contributed by atoms with Crippen LogP contribution in [0, 0.1) is 13.8 Å². The van der Waals surface area contributed by atoms with Crippen LogP contribution in [0.5, 0.6) is 0 Å². The fourth-order valence-corrected chi connectivity index (χ4v) is 2.21. The van der Waals surface area contributed by atoms with Crippen LogP contribution in [-0.4, -0.2) is 15.1 Å². The minimum Gasteiger partial charge on any atom is -0.388 e. The van der Waals surface area contributed by atoms with Crippen LogP contribution in [0.4, 0.5) is 0 Å². The average Bonchev–Trinajstić information content (AvgIpc) is 2.79. The first kappa shape index (κ1) is 11.9. The van der Waals surface area contributed by atoms with Crippen molar-refractivity contribution in [2.24, 2.45) is 0 Å². The molecule has 1 aromatic heterocycles. The van der Waals surface area contributed by atoms with E-state index in [1.54, 1.807) is 12.4 Å². The Bertz CT molecular complexity index is 457. The van der Waals surface area contributed by atoms with Gasteiger partial charge in [0.15, 0.2) is 0 Å². The van der Waals surface area contributed by atoms with Gasteiger partial charge in [-0.2, -0.15) is 0 Å². The molecule has 2 aromatic rings. The van der Waals surface area contributed by atoms with Gasteiger partial charge in [-0.25, -0.2) is 4.98 Å². The van der Waals surface area contributed by atoms with Gasteiger partial charge in [-0.05, 0) is 37.0 Å². The molecule has 2 N–H and O–H groups in total. The molecule has 90 valence electrons. The Morgan fingerprint density at radius 1 is 1.29 bits per heavy atom. The Hall–Kier alpha value is -1.61. The number of H-pyrrole nitrogens is 1. The van der Waals surface area contributed by atoms with Gasteiger partial charge in [0.1, 0.15) is 5.82 Å². The quantitative estimate of drug-likeness (QED) is 0.848. The number of hydrogen-bond donors (Lipinski definition) is 2. The molecule has 0 saturated carbocycles. The summed E-state index contributed by atoms with van der Waals surface area (Å²) in [5.74, 6) is 0.926. The maximum atomic E-state index is 10.2. The summed E-state index contributed by atoms with van der Waals surface area (Å²) in [6.07, 6.45) is 4.59. The fraction of sp³-hybridized carbons (Fsp3) is 0.357. The largest absolute Gasteiger partial charge is 0.388 e. The maximum absolute atomic E-state index is 10.2. The Morgan fingerprint density at radius 3 is 2.59 bits per heavy atom. The first-order valence-corrected chi connectivity index (χ1v) is 5.91. The summed E-state index contributed by atoms with van der Waals surface area (Å²) in [6.45, 7) is 4.08. The molecule has 17 heavy (non-hydrogen) atoms. The third kappa shape index (κ3) is 2.74. The second-order valence-corrected chi connectivity index (χ2v) is 4.40. The highest BCUT2D eigenvalue weighted by Gasteiger charge is 2.13. The van der Waals surface area contributed by atoms with Crippen molar-refractivity contribution in [3.05, 3.63) is 53.1 Å². The number of aliphatic hydroxyl groups excluding tert-OH is 1.